The standard InChI is InChI=1S/C19H24ClN3.C5H12N2.C4H9N.C3H6O2.C2H6/c1-5-13(2)6-7-15-8-9-16(20)10-17(15)14(3)19(21)18-11-22-12-23(18)4;1-7-4-2-6-3-5-7;1-4-5(2)3;1-2-5-3-4;1-2/h5,8-12,19H,3,6-7,21H2,1-2,4H3;6H,2-5H2,1H3;4H,1H2,2-3H3;3H,2H2,1H3;1-2H3/b13-5-;;;;. The van der Waals surface area contributed by atoms with Gasteiger partial charge in [-0.2, -0.15) is 0 Å². The average Bonchev–Trinajstić information content (AvgIpc) is 3.43. The van der Waals surface area contributed by atoms with Gasteiger partial charge in [-0.1, -0.05) is 56.3 Å². The molecule has 1 aliphatic rings. The first-order valence-corrected chi connectivity index (χ1v) is 14.9. The molecular weight excluding hydrogens is 548 g/mol. The molecule has 3 rings (SSSR count). The highest BCUT2D eigenvalue weighted by molar-refractivity contribution is 6.30. The molecule has 238 valence electrons. The van der Waals surface area contributed by atoms with E-state index in [0.29, 0.717) is 18.1 Å². The zero-order chi connectivity index (χ0) is 32.5. The molecular formula is C33H57ClN6O2. The van der Waals surface area contributed by atoms with Crippen LogP contribution in [0.15, 0.2) is 61.7 Å². The summed E-state index contributed by atoms with van der Waals surface area (Å²) in [5, 5.41) is 3.97. The molecule has 1 atom stereocenters. The van der Waals surface area contributed by atoms with Crippen molar-refractivity contribution in [2.24, 2.45) is 12.8 Å². The van der Waals surface area contributed by atoms with E-state index in [2.05, 4.69) is 66.1 Å². The number of hydrogen-bond donors (Lipinski definition) is 2. The normalized spacial score (nSPS) is 13.2. The quantitative estimate of drug-likeness (QED) is 0.264. The van der Waals surface area contributed by atoms with Crippen molar-refractivity contribution in [3.63, 3.8) is 0 Å². The molecule has 0 saturated carbocycles. The Hall–Kier alpha value is -2.91. The number of nitrogens with zero attached hydrogens (tertiary/aromatic N) is 4. The molecule has 2 heterocycles. The van der Waals surface area contributed by atoms with Crippen molar-refractivity contribution in [2.75, 3.05) is 53.9 Å². The molecule has 0 bridgehead atoms. The maximum absolute atomic E-state index is 9.18. The molecule has 0 amide bonds. The molecule has 0 spiro atoms. The van der Waals surface area contributed by atoms with Crippen LogP contribution in [-0.2, 0) is 23.0 Å². The van der Waals surface area contributed by atoms with E-state index >= 15 is 0 Å². The van der Waals surface area contributed by atoms with Crippen LogP contribution in [0, 0.1) is 0 Å². The van der Waals surface area contributed by atoms with Gasteiger partial charge in [-0.3, -0.25) is 4.79 Å². The Morgan fingerprint density at radius 3 is 2.24 bits per heavy atom. The molecule has 0 radical (unpaired) electrons. The molecule has 1 fully saturated rings. The number of rotatable bonds is 9. The summed E-state index contributed by atoms with van der Waals surface area (Å²) in [7, 11) is 7.96. The number of nitrogens with one attached hydrogen (secondary N) is 1. The number of imidazole rings is 1. The molecule has 2 aromatic rings. The van der Waals surface area contributed by atoms with Gasteiger partial charge in [-0.15, -0.1) is 0 Å². The lowest BCUT2D eigenvalue weighted by Gasteiger charge is -2.21. The van der Waals surface area contributed by atoms with E-state index < -0.39 is 0 Å². The molecule has 0 aliphatic carbocycles. The van der Waals surface area contributed by atoms with E-state index in [-0.39, 0.29) is 6.04 Å². The number of hydrogen-bond acceptors (Lipinski definition) is 7. The summed E-state index contributed by atoms with van der Waals surface area (Å²) in [5.41, 5.74) is 11.8. The van der Waals surface area contributed by atoms with Gasteiger partial charge >= 0.3 is 0 Å². The van der Waals surface area contributed by atoms with Gasteiger partial charge in [0.2, 0.25) is 0 Å². The lowest BCUT2D eigenvalue weighted by atomic mass is 9.91. The number of carbonyl (C=O) groups excluding carboxylic acids is 1. The highest BCUT2D eigenvalue weighted by atomic mass is 35.5. The number of nitrogens with two attached hydrogens (primary N) is 1. The third-order valence-electron chi connectivity index (χ3n) is 6.19. The van der Waals surface area contributed by atoms with E-state index in [9.17, 15) is 4.79 Å². The molecule has 3 N–H and O–H groups in total. The Kier molecular flexibility index (Phi) is 25.3. The fraction of sp³-hybridized carbons (Fsp3) is 0.515. The van der Waals surface area contributed by atoms with E-state index in [0.717, 1.165) is 42.8 Å². The number of likely N-dealkylation sites (N-methyl/N-ethyl adjacent to an activating group) is 1. The van der Waals surface area contributed by atoms with Crippen molar-refractivity contribution < 1.29 is 9.53 Å². The minimum Gasteiger partial charge on any atom is -0.468 e. The lowest BCUT2D eigenvalue weighted by Crippen LogP contribution is -2.40. The number of aryl methyl sites for hydroxylation is 2. The molecule has 1 aromatic heterocycles. The van der Waals surface area contributed by atoms with E-state index in [1.807, 2.05) is 56.6 Å². The highest BCUT2D eigenvalue weighted by Crippen LogP contribution is 2.31. The topological polar surface area (TPSA) is 88.6 Å². The third-order valence-corrected chi connectivity index (χ3v) is 6.42. The lowest BCUT2D eigenvalue weighted by molar-refractivity contribution is -0.128. The number of aromatic nitrogens is 2. The van der Waals surface area contributed by atoms with Crippen LogP contribution in [0.4, 0.5) is 0 Å². The smallest absolute Gasteiger partial charge is 0.293 e. The van der Waals surface area contributed by atoms with E-state index in [1.165, 1.54) is 24.2 Å². The van der Waals surface area contributed by atoms with Crippen LogP contribution < -0.4 is 11.1 Å². The van der Waals surface area contributed by atoms with Crippen LogP contribution in [0.2, 0.25) is 5.02 Å². The Labute approximate surface area is 261 Å². The van der Waals surface area contributed by atoms with Gasteiger partial charge in [0.1, 0.15) is 0 Å². The van der Waals surface area contributed by atoms with Crippen molar-refractivity contribution in [3.05, 3.63) is 83.6 Å². The molecule has 9 heteroatoms. The highest BCUT2D eigenvalue weighted by Gasteiger charge is 2.18. The predicted octanol–water partition coefficient (Wildman–Crippen LogP) is 6.10. The third kappa shape index (κ3) is 18.5. The zero-order valence-corrected chi connectivity index (χ0v) is 28.4. The largest absolute Gasteiger partial charge is 0.468 e. The van der Waals surface area contributed by atoms with Crippen LogP contribution in [0.5, 0.6) is 0 Å². The predicted molar refractivity (Wildman–Crippen MR) is 182 cm³/mol. The number of allylic oxidation sites excluding steroid dienone is 2. The Balaban J connectivity index is 0. The van der Waals surface area contributed by atoms with Gasteiger partial charge in [0.15, 0.2) is 0 Å². The number of ether oxygens (including phenoxy) is 1. The summed E-state index contributed by atoms with van der Waals surface area (Å²) in [5.74, 6) is 0. The second-order valence-electron chi connectivity index (χ2n) is 9.62. The summed E-state index contributed by atoms with van der Waals surface area (Å²) in [6, 6.07) is 5.65. The van der Waals surface area contributed by atoms with Gasteiger partial charge in [-0.05, 0) is 75.7 Å². The number of carbonyl (C=O) groups is 1. The summed E-state index contributed by atoms with van der Waals surface area (Å²) in [6.45, 7) is 23.3. The van der Waals surface area contributed by atoms with Crippen LogP contribution in [0.25, 0.3) is 5.57 Å². The van der Waals surface area contributed by atoms with Crippen LogP contribution in [0.3, 0.4) is 0 Å². The van der Waals surface area contributed by atoms with Crippen molar-refractivity contribution in [1.82, 2.24) is 24.7 Å². The number of piperazine rings is 1. The minimum absolute atomic E-state index is 0.303. The van der Waals surface area contributed by atoms with Crippen LogP contribution >= 0.6 is 11.6 Å². The number of benzene rings is 1. The summed E-state index contributed by atoms with van der Waals surface area (Å²) < 4.78 is 6.07. The number of halogens is 1. The summed E-state index contributed by atoms with van der Waals surface area (Å²) in [6.07, 6.45) is 9.38. The Morgan fingerprint density at radius 2 is 1.86 bits per heavy atom. The maximum Gasteiger partial charge on any atom is 0.293 e. The maximum atomic E-state index is 9.18. The van der Waals surface area contributed by atoms with Crippen molar-refractivity contribution in [1.29, 1.82) is 0 Å². The fourth-order valence-corrected chi connectivity index (χ4v) is 3.57. The van der Waals surface area contributed by atoms with Crippen LogP contribution in [0.1, 0.15) is 63.9 Å². The molecule has 1 unspecified atom stereocenters. The monoisotopic (exact) mass is 604 g/mol. The molecule has 42 heavy (non-hydrogen) atoms. The summed E-state index contributed by atoms with van der Waals surface area (Å²) in [4.78, 5) is 17.5. The first-order chi connectivity index (χ1) is 20.0. The second kappa shape index (κ2) is 25.8. The van der Waals surface area contributed by atoms with Crippen molar-refractivity contribution >= 4 is 23.6 Å². The fourth-order valence-electron chi connectivity index (χ4n) is 3.40. The Morgan fingerprint density at radius 1 is 1.26 bits per heavy atom. The molecule has 1 saturated heterocycles. The first-order valence-electron chi connectivity index (χ1n) is 14.6. The van der Waals surface area contributed by atoms with Crippen LogP contribution in [-0.4, -0.2) is 79.8 Å². The van der Waals surface area contributed by atoms with Crippen molar-refractivity contribution in [3.8, 4) is 0 Å². The van der Waals surface area contributed by atoms with Gasteiger partial charge in [0, 0.05) is 52.3 Å². The first kappa shape index (κ1) is 41.2. The second-order valence-corrected chi connectivity index (χ2v) is 10.1. The SMILES string of the molecule is C=C(c1cc(Cl)ccc1CC/C(C)=C\C)C(N)c1cncn1C.C=CN(C)C.CC.CCOC=O.CN1CCNCC1. The summed E-state index contributed by atoms with van der Waals surface area (Å²) >= 11 is 6.20. The molecule has 1 aliphatic heterocycles. The Bertz CT molecular complexity index is 1030. The van der Waals surface area contributed by atoms with E-state index in [4.69, 9.17) is 17.3 Å². The molecule has 8 nitrogen and oxygen atoms in total. The van der Waals surface area contributed by atoms with Crippen molar-refractivity contribution in [2.45, 2.75) is 53.5 Å². The van der Waals surface area contributed by atoms with Gasteiger partial charge in [0.25, 0.3) is 6.47 Å². The van der Waals surface area contributed by atoms with E-state index in [1.54, 1.807) is 25.6 Å². The average molecular weight is 605 g/mol. The van der Waals surface area contributed by atoms with Gasteiger partial charge in [-0.25, -0.2) is 4.98 Å². The zero-order valence-electron chi connectivity index (χ0n) is 27.6. The van der Waals surface area contributed by atoms with Gasteiger partial charge < -0.3 is 30.2 Å². The molecule has 1 aromatic carbocycles. The van der Waals surface area contributed by atoms with Gasteiger partial charge in [0.05, 0.1) is 30.9 Å². The minimum atomic E-state index is -0.303.